The highest BCUT2D eigenvalue weighted by atomic mass is 16.5. The van der Waals surface area contributed by atoms with Gasteiger partial charge in [-0.1, -0.05) is 113 Å². The first-order chi connectivity index (χ1) is 17.5. The van der Waals surface area contributed by atoms with Gasteiger partial charge >= 0.3 is 11.9 Å². The SMILES string of the molecule is C/C=C\C=C/CCCCCCCOC(C)=O.CC/C=C\C=C/CCCCCCCCCCOC(C)=O. The first-order valence-corrected chi connectivity index (χ1v) is 14.4. The number of carbonyl (C=O) groups excluding carboxylic acids is 2. The maximum absolute atomic E-state index is 10.5. The lowest BCUT2D eigenvalue weighted by atomic mass is 10.1. The molecule has 0 atom stereocenters. The van der Waals surface area contributed by atoms with Crippen molar-refractivity contribution < 1.29 is 19.1 Å². The molecule has 4 nitrogen and oxygen atoms in total. The molecule has 0 unspecified atom stereocenters. The summed E-state index contributed by atoms with van der Waals surface area (Å²) in [5.41, 5.74) is 0. The quantitative estimate of drug-likeness (QED) is 0.0836. The van der Waals surface area contributed by atoms with Gasteiger partial charge in [0.25, 0.3) is 0 Å². The minimum absolute atomic E-state index is 0.163. The van der Waals surface area contributed by atoms with Crippen molar-refractivity contribution in [2.24, 2.45) is 0 Å². The fourth-order valence-electron chi connectivity index (χ4n) is 3.43. The second kappa shape index (κ2) is 32.9. The van der Waals surface area contributed by atoms with Crippen LogP contribution in [0.5, 0.6) is 0 Å². The molecular weight excluding hydrogens is 448 g/mol. The summed E-state index contributed by atoms with van der Waals surface area (Å²) >= 11 is 0. The molecule has 0 N–H and O–H groups in total. The van der Waals surface area contributed by atoms with E-state index in [2.05, 4.69) is 49.5 Å². The molecule has 208 valence electrons. The van der Waals surface area contributed by atoms with Gasteiger partial charge in [0, 0.05) is 13.8 Å². The van der Waals surface area contributed by atoms with Gasteiger partial charge in [-0.25, -0.2) is 0 Å². The van der Waals surface area contributed by atoms with Crippen molar-refractivity contribution >= 4 is 11.9 Å². The number of carbonyl (C=O) groups is 2. The van der Waals surface area contributed by atoms with Gasteiger partial charge in [0.15, 0.2) is 0 Å². The lowest BCUT2D eigenvalue weighted by molar-refractivity contribution is -0.142. The molecule has 0 radical (unpaired) electrons. The largest absolute Gasteiger partial charge is 0.466 e. The van der Waals surface area contributed by atoms with Crippen molar-refractivity contribution in [2.75, 3.05) is 13.2 Å². The molecule has 0 aliphatic heterocycles. The fraction of sp³-hybridized carbons (Fsp3) is 0.688. The molecule has 0 saturated heterocycles. The number of esters is 2. The summed E-state index contributed by atoms with van der Waals surface area (Å²) in [5, 5.41) is 0. The van der Waals surface area contributed by atoms with E-state index in [1.165, 1.54) is 84.5 Å². The lowest BCUT2D eigenvalue weighted by Gasteiger charge is -2.02. The Balaban J connectivity index is 0. The topological polar surface area (TPSA) is 52.6 Å². The Labute approximate surface area is 223 Å². The van der Waals surface area contributed by atoms with Crippen LogP contribution in [-0.2, 0) is 19.1 Å². The van der Waals surface area contributed by atoms with Crippen LogP contribution in [0.25, 0.3) is 0 Å². The Morgan fingerprint density at radius 1 is 0.528 bits per heavy atom. The molecule has 0 heterocycles. The van der Waals surface area contributed by atoms with Gasteiger partial charge in [0.05, 0.1) is 13.2 Å². The van der Waals surface area contributed by atoms with Gasteiger partial charge < -0.3 is 9.47 Å². The molecule has 0 rings (SSSR count). The van der Waals surface area contributed by atoms with Gasteiger partial charge in [-0.05, 0) is 51.9 Å². The molecule has 0 aromatic carbocycles. The van der Waals surface area contributed by atoms with Crippen LogP contribution in [0.3, 0.4) is 0 Å². The molecule has 0 aliphatic rings. The second-order valence-corrected chi connectivity index (χ2v) is 9.07. The predicted octanol–water partition coefficient (Wildman–Crippen LogP) is 9.61. The maximum Gasteiger partial charge on any atom is 0.302 e. The molecule has 0 spiro atoms. The number of rotatable bonds is 22. The Morgan fingerprint density at radius 3 is 1.28 bits per heavy atom. The number of allylic oxidation sites excluding steroid dienone is 8. The Bertz CT molecular complexity index is 587. The van der Waals surface area contributed by atoms with Crippen molar-refractivity contribution in [1.29, 1.82) is 0 Å². The lowest BCUT2D eigenvalue weighted by Crippen LogP contribution is -2.00. The highest BCUT2D eigenvalue weighted by Gasteiger charge is 1.95. The predicted molar refractivity (Wildman–Crippen MR) is 155 cm³/mol. The first-order valence-electron chi connectivity index (χ1n) is 14.4. The highest BCUT2D eigenvalue weighted by molar-refractivity contribution is 5.66. The molecule has 0 amide bonds. The third kappa shape index (κ3) is 39.1. The smallest absolute Gasteiger partial charge is 0.302 e. The van der Waals surface area contributed by atoms with Gasteiger partial charge in [-0.15, -0.1) is 0 Å². The van der Waals surface area contributed by atoms with E-state index in [-0.39, 0.29) is 11.9 Å². The van der Waals surface area contributed by atoms with Crippen LogP contribution < -0.4 is 0 Å². The van der Waals surface area contributed by atoms with E-state index in [0.717, 1.165) is 32.1 Å². The van der Waals surface area contributed by atoms with Crippen LogP contribution in [0, 0.1) is 0 Å². The minimum atomic E-state index is -0.172. The summed E-state index contributed by atoms with van der Waals surface area (Å²) in [6.07, 6.45) is 36.6. The fourth-order valence-corrected chi connectivity index (χ4v) is 3.43. The van der Waals surface area contributed by atoms with Gasteiger partial charge in [0.1, 0.15) is 0 Å². The monoisotopic (exact) mass is 504 g/mol. The van der Waals surface area contributed by atoms with Crippen LogP contribution in [-0.4, -0.2) is 25.2 Å². The Kier molecular flexibility index (Phi) is 33.0. The van der Waals surface area contributed by atoms with E-state index >= 15 is 0 Å². The van der Waals surface area contributed by atoms with Crippen LogP contribution in [0.2, 0.25) is 0 Å². The highest BCUT2D eigenvalue weighted by Crippen LogP contribution is 2.10. The number of ether oxygens (including phenoxy) is 2. The van der Waals surface area contributed by atoms with Crippen molar-refractivity contribution in [2.45, 2.75) is 130 Å². The van der Waals surface area contributed by atoms with E-state index in [0.29, 0.717) is 13.2 Å². The third-order valence-corrected chi connectivity index (χ3v) is 5.45. The zero-order valence-electron chi connectivity index (χ0n) is 24.0. The summed E-state index contributed by atoms with van der Waals surface area (Å²) in [7, 11) is 0. The molecule has 0 aliphatic carbocycles. The van der Waals surface area contributed by atoms with Crippen molar-refractivity contribution in [3.63, 3.8) is 0 Å². The van der Waals surface area contributed by atoms with Crippen molar-refractivity contribution in [3.05, 3.63) is 48.6 Å². The van der Waals surface area contributed by atoms with E-state index < -0.39 is 0 Å². The molecule has 0 fully saturated rings. The standard InChI is InChI=1S/C18H32O2.C14H24O2/c1-3-4-5-6-7-8-9-10-11-12-13-14-15-16-17-20-18(2)19;1-3-4-5-6-7-8-9-10-11-12-13-16-14(2)15/h4-7H,3,8-17H2,1-2H3;3-6H,7-13H2,1-2H3/b5-4-,7-6-;4-3-,6-5-. The maximum atomic E-state index is 10.5. The van der Waals surface area contributed by atoms with Crippen LogP contribution >= 0.6 is 0 Å². The van der Waals surface area contributed by atoms with Crippen LogP contribution in [0.1, 0.15) is 130 Å². The molecule has 0 saturated carbocycles. The van der Waals surface area contributed by atoms with Crippen LogP contribution in [0.4, 0.5) is 0 Å². The zero-order valence-corrected chi connectivity index (χ0v) is 24.0. The second-order valence-electron chi connectivity index (χ2n) is 9.07. The average Bonchev–Trinajstić information content (AvgIpc) is 2.85. The summed E-state index contributed by atoms with van der Waals surface area (Å²) < 4.78 is 9.75. The summed E-state index contributed by atoms with van der Waals surface area (Å²) in [5.74, 6) is -0.335. The molecular formula is C32H56O4. The van der Waals surface area contributed by atoms with Gasteiger partial charge in [0.2, 0.25) is 0 Å². The van der Waals surface area contributed by atoms with E-state index in [4.69, 9.17) is 9.47 Å². The summed E-state index contributed by atoms with van der Waals surface area (Å²) in [6, 6.07) is 0. The average molecular weight is 505 g/mol. The summed E-state index contributed by atoms with van der Waals surface area (Å²) in [6.45, 7) is 8.27. The van der Waals surface area contributed by atoms with E-state index in [1.807, 2.05) is 13.0 Å². The van der Waals surface area contributed by atoms with Crippen molar-refractivity contribution in [1.82, 2.24) is 0 Å². The minimum Gasteiger partial charge on any atom is -0.466 e. The van der Waals surface area contributed by atoms with E-state index in [9.17, 15) is 9.59 Å². The molecule has 0 aromatic rings. The number of unbranched alkanes of at least 4 members (excludes halogenated alkanes) is 13. The van der Waals surface area contributed by atoms with Crippen molar-refractivity contribution in [3.8, 4) is 0 Å². The number of hydrogen-bond acceptors (Lipinski definition) is 4. The van der Waals surface area contributed by atoms with E-state index in [1.54, 1.807) is 0 Å². The summed E-state index contributed by atoms with van der Waals surface area (Å²) in [4.78, 5) is 21.0. The Hall–Kier alpha value is -2.10. The number of hydrogen-bond donors (Lipinski definition) is 0. The Morgan fingerprint density at radius 2 is 0.889 bits per heavy atom. The zero-order chi connectivity index (χ0) is 27.0. The first kappa shape index (κ1) is 36.1. The molecule has 0 aromatic heterocycles. The molecule has 0 bridgehead atoms. The van der Waals surface area contributed by atoms with Crippen LogP contribution in [0.15, 0.2) is 48.6 Å². The normalized spacial score (nSPS) is 11.4. The third-order valence-electron chi connectivity index (χ3n) is 5.45. The molecule has 4 heteroatoms. The van der Waals surface area contributed by atoms with Gasteiger partial charge in [-0.3, -0.25) is 9.59 Å². The van der Waals surface area contributed by atoms with Gasteiger partial charge in [-0.2, -0.15) is 0 Å². The molecule has 36 heavy (non-hydrogen) atoms.